The second kappa shape index (κ2) is 9.69. The molecule has 1 aliphatic rings. The first kappa shape index (κ1) is 21.7. The van der Waals surface area contributed by atoms with Crippen molar-refractivity contribution in [2.24, 2.45) is 0 Å². The lowest BCUT2D eigenvalue weighted by molar-refractivity contribution is -0.127. The Bertz CT molecular complexity index is 1010. The quantitative estimate of drug-likeness (QED) is 0.633. The summed E-state index contributed by atoms with van der Waals surface area (Å²) in [6.45, 7) is 1.86. The van der Waals surface area contributed by atoms with Crippen LogP contribution in [0.25, 0.3) is 6.08 Å². The second-order valence-electron chi connectivity index (χ2n) is 6.15. The molecule has 0 aromatic heterocycles. The van der Waals surface area contributed by atoms with Crippen LogP contribution in [0.5, 0.6) is 11.5 Å². The lowest BCUT2D eigenvalue weighted by atomic mass is 10.1. The second-order valence-corrected chi connectivity index (χ2v) is 7.55. The van der Waals surface area contributed by atoms with Gasteiger partial charge in [-0.15, -0.1) is 0 Å². The van der Waals surface area contributed by atoms with Gasteiger partial charge in [0.25, 0.3) is 11.1 Å². The highest BCUT2D eigenvalue weighted by atomic mass is 35.5. The van der Waals surface area contributed by atoms with Crippen LogP contribution < -0.4 is 14.8 Å². The molecule has 0 radical (unpaired) electrons. The van der Waals surface area contributed by atoms with E-state index < -0.39 is 17.1 Å². The Labute approximate surface area is 183 Å². The van der Waals surface area contributed by atoms with Crippen molar-refractivity contribution >= 4 is 52.2 Å². The number of amides is 3. The molecule has 1 heterocycles. The summed E-state index contributed by atoms with van der Waals surface area (Å²) >= 11 is 7.00. The number of hydrogen-bond acceptors (Lipinski definition) is 6. The summed E-state index contributed by atoms with van der Waals surface area (Å²) in [6.07, 6.45) is 1.54. The fourth-order valence-corrected chi connectivity index (χ4v) is 3.92. The highest BCUT2D eigenvalue weighted by Gasteiger charge is 2.36. The number of para-hydroxylation sites is 1. The maximum Gasteiger partial charge on any atom is 0.294 e. The number of benzene rings is 2. The van der Waals surface area contributed by atoms with Gasteiger partial charge < -0.3 is 14.8 Å². The number of ether oxygens (including phenoxy) is 2. The SMILES string of the molecule is CCOc1cc(/C=C2\SC(=O)N(CC(=O)Nc3ccccc3)C2=O)cc(Cl)c1OC. The van der Waals surface area contributed by atoms with Gasteiger partial charge in [-0.25, -0.2) is 0 Å². The molecule has 9 heteroatoms. The topological polar surface area (TPSA) is 84.9 Å². The van der Waals surface area contributed by atoms with E-state index in [9.17, 15) is 14.4 Å². The Morgan fingerprint density at radius 3 is 2.63 bits per heavy atom. The molecule has 3 amide bonds. The molecule has 1 saturated heterocycles. The third-order valence-corrected chi connectivity index (χ3v) is 5.25. The third-order valence-electron chi connectivity index (χ3n) is 4.07. The van der Waals surface area contributed by atoms with Gasteiger partial charge in [0.1, 0.15) is 6.54 Å². The summed E-state index contributed by atoms with van der Waals surface area (Å²) in [5.74, 6) is -0.185. The van der Waals surface area contributed by atoms with Gasteiger partial charge in [-0.1, -0.05) is 29.8 Å². The van der Waals surface area contributed by atoms with Gasteiger partial charge in [0.2, 0.25) is 5.91 Å². The third kappa shape index (κ3) is 4.95. The van der Waals surface area contributed by atoms with Crippen LogP contribution in [0.3, 0.4) is 0 Å². The molecule has 0 bridgehead atoms. The van der Waals surface area contributed by atoms with E-state index in [0.29, 0.717) is 34.4 Å². The van der Waals surface area contributed by atoms with Gasteiger partial charge in [0.05, 0.1) is 23.6 Å². The molecule has 0 aliphatic carbocycles. The lowest BCUT2D eigenvalue weighted by Crippen LogP contribution is -2.36. The minimum absolute atomic E-state index is 0.191. The highest BCUT2D eigenvalue weighted by Crippen LogP contribution is 2.38. The summed E-state index contributed by atoms with van der Waals surface area (Å²) in [5, 5.41) is 2.46. The largest absolute Gasteiger partial charge is 0.491 e. The Kier molecular flexibility index (Phi) is 7.02. The van der Waals surface area contributed by atoms with E-state index in [1.807, 2.05) is 13.0 Å². The van der Waals surface area contributed by atoms with E-state index in [1.165, 1.54) is 13.2 Å². The van der Waals surface area contributed by atoms with Crippen LogP contribution in [0.1, 0.15) is 12.5 Å². The van der Waals surface area contributed by atoms with E-state index in [4.69, 9.17) is 21.1 Å². The molecule has 0 unspecified atom stereocenters. The van der Waals surface area contributed by atoms with Gasteiger partial charge >= 0.3 is 0 Å². The molecule has 0 spiro atoms. The number of methoxy groups -OCH3 is 1. The zero-order chi connectivity index (χ0) is 21.7. The molecule has 1 fully saturated rings. The standard InChI is InChI=1S/C21H19ClN2O5S/c1-3-29-16-10-13(9-15(22)19(16)28-2)11-17-20(26)24(21(27)30-17)12-18(25)23-14-7-5-4-6-8-14/h4-11H,3,12H2,1-2H3,(H,23,25)/b17-11-. The van der Waals surface area contributed by atoms with Gasteiger partial charge in [-0.05, 0) is 54.6 Å². The molecular weight excluding hydrogens is 428 g/mol. The first-order chi connectivity index (χ1) is 14.4. The zero-order valence-electron chi connectivity index (χ0n) is 16.3. The van der Waals surface area contributed by atoms with Crippen LogP contribution in [0.2, 0.25) is 5.02 Å². The fraction of sp³-hybridized carbons (Fsp3) is 0.190. The Balaban J connectivity index is 1.77. The number of halogens is 1. The Morgan fingerprint density at radius 2 is 1.97 bits per heavy atom. The van der Waals surface area contributed by atoms with Crippen molar-refractivity contribution < 1.29 is 23.9 Å². The van der Waals surface area contributed by atoms with Gasteiger partial charge in [-0.2, -0.15) is 0 Å². The molecule has 7 nitrogen and oxygen atoms in total. The number of imide groups is 1. The fourth-order valence-electron chi connectivity index (χ4n) is 2.79. The number of carbonyl (C=O) groups excluding carboxylic acids is 3. The molecule has 1 aliphatic heterocycles. The number of hydrogen-bond donors (Lipinski definition) is 1. The van der Waals surface area contributed by atoms with Crippen molar-refractivity contribution in [3.05, 3.63) is 58.0 Å². The predicted molar refractivity (Wildman–Crippen MR) is 117 cm³/mol. The maximum atomic E-state index is 12.7. The van der Waals surface area contributed by atoms with Crippen LogP contribution >= 0.6 is 23.4 Å². The summed E-state index contributed by atoms with van der Waals surface area (Å²) in [7, 11) is 1.48. The Morgan fingerprint density at radius 1 is 1.23 bits per heavy atom. The molecule has 0 atom stereocenters. The van der Waals surface area contributed by atoms with Crippen LogP contribution in [0.4, 0.5) is 10.5 Å². The van der Waals surface area contributed by atoms with Gasteiger partial charge in [0, 0.05) is 5.69 Å². The van der Waals surface area contributed by atoms with E-state index in [-0.39, 0.29) is 11.4 Å². The first-order valence-corrected chi connectivity index (χ1v) is 10.2. The number of nitrogens with one attached hydrogen (secondary N) is 1. The summed E-state index contributed by atoms with van der Waals surface area (Å²) in [6, 6.07) is 12.1. The zero-order valence-corrected chi connectivity index (χ0v) is 17.9. The Hall–Kier alpha value is -2.97. The monoisotopic (exact) mass is 446 g/mol. The smallest absolute Gasteiger partial charge is 0.294 e. The molecular formula is C21H19ClN2O5S. The first-order valence-electron chi connectivity index (χ1n) is 9.03. The molecule has 30 heavy (non-hydrogen) atoms. The average molecular weight is 447 g/mol. The predicted octanol–water partition coefficient (Wildman–Crippen LogP) is 4.42. The van der Waals surface area contributed by atoms with Crippen molar-refractivity contribution in [3.63, 3.8) is 0 Å². The molecule has 3 rings (SSSR count). The van der Waals surface area contributed by atoms with E-state index in [1.54, 1.807) is 36.4 Å². The number of carbonyl (C=O) groups is 3. The number of rotatable bonds is 7. The minimum Gasteiger partial charge on any atom is -0.491 e. The van der Waals surface area contributed by atoms with Crippen LogP contribution in [-0.4, -0.2) is 42.2 Å². The highest BCUT2D eigenvalue weighted by molar-refractivity contribution is 8.18. The van der Waals surface area contributed by atoms with Crippen LogP contribution in [0, 0.1) is 0 Å². The molecule has 0 saturated carbocycles. The van der Waals surface area contributed by atoms with Crippen molar-refractivity contribution in [3.8, 4) is 11.5 Å². The molecule has 2 aromatic carbocycles. The maximum absolute atomic E-state index is 12.7. The summed E-state index contributed by atoms with van der Waals surface area (Å²) in [5.41, 5.74) is 1.16. The summed E-state index contributed by atoms with van der Waals surface area (Å²) in [4.78, 5) is 38.3. The average Bonchev–Trinajstić information content (AvgIpc) is 2.96. The van der Waals surface area contributed by atoms with E-state index in [2.05, 4.69) is 5.32 Å². The van der Waals surface area contributed by atoms with E-state index in [0.717, 1.165) is 16.7 Å². The number of nitrogens with zero attached hydrogens (tertiary/aromatic N) is 1. The van der Waals surface area contributed by atoms with Crippen molar-refractivity contribution in [2.45, 2.75) is 6.92 Å². The van der Waals surface area contributed by atoms with Gasteiger partial charge in [-0.3, -0.25) is 19.3 Å². The van der Waals surface area contributed by atoms with Gasteiger partial charge in [0.15, 0.2) is 11.5 Å². The molecule has 1 N–H and O–H groups in total. The molecule has 2 aromatic rings. The van der Waals surface area contributed by atoms with Crippen molar-refractivity contribution in [2.75, 3.05) is 25.6 Å². The van der Waals surface area contributed by atoms with E-state index >= 15 is 0 Å². The van der Waals surface area contributed by atoms with Crippen molar-refractivity contribution in [1.82, 2.24) is 4.90 Å². The summed E-state index contributed by atoms with van der Waals surface area (Å²) < 4.78 is 10.8. The van der Waals surface area contributed by atoms with Crippen LogP contribution in [-0.2, 0) is 9.59 Å². The lowest BCUT2D eigenvalue weighted by Gasteiger charge is -2.13. The number of anilines is 1. The molecule has 156 valence electrons. The van der Waals surface area contributed by atoms with Crippen LogP contribution in [0.15, 0.2) is 47.4 Å². The van der Waals surface area contributed by atoms with Crippen molar-refractivity contribution in [1.29, 1.82) is 0 Å². The minimum atomic E-state index is -0.543. The normalized spacial score (nSPS) is 14.9. The number of thioether (sulfide) groups is 1.